The molecular formula is C11H23N3O3S. The highest BCUT2D eigenvalue weighted by atomic mass is 32.2. The van der Waals surface area contributed by atoms with Crippen LogP contribution in [0, 0.1) is 0 Å². The van der Waals surface area contributed by atoms with Gasteiger partial charge in [-0.15, -0.1) is 0 Å². The summed E-state index contributed by atoms with van der Waals surface area (Å²) in [7, 11) is -3.22. The van der Waals surface area contributed by atoms with Crippen molar-refractivity contribution in [3.05, 3.63) is 0 Å². The molecular weight excluding hydrogens is 254 g/mol. The molecule has 1 aliphatic rings. The second-order valence-corrected chi connectivity index (χ2v) is 6.74. The van der Waals surface area contributed by atoms with Gasteiger partial charge < -0.3 is 10.6 Å². The van der Waals surface area contributed by atoms with Crippen LogP contribution in [0.1, 0.15) is 33.1 Å². The number of hydrogen-bond acceptors (Lipinski definition) is 3. The van der Waals surface area contributed by atoms with Crippen LogP contribution in [0.15, 0.2) is 0 Å². The number of rotatable bonds is 7. The van der Waals surface area contributed by atoms with E-state index in [-0.39, 0.29) is 12.1 Å². The lowest BCUT2D eigenvalue weighted by molar-refractivity contribution is 0.238. The molecule has 6 nitrogen and oxygen atoms in total. The minimum Gasteiger partial charge on any atom is -0.337 e. The maximum absolute atomic E-state index is 11.6. The number of carbonyl (C=O) groups is 1. The summed E-state index contributed by atoms with van der Waals surface area (Å²) in [6.07, 6.45) is 4.02. The number of nitrogens with zero attached hydrogens (tertiary/aromatic N) is 1. The second kappa shape index (κ2) is 6.38. The second-order valence-electron chi connectivity index (χ2n) is 4.81. The Kier molecular flexibility index (Phi) is 5.40. The summed E-state index contributed by atoms with van der Waals surface area (Å²) in [4.78, 5) is 11.4. The van der Waals surface area contributed by atoms with Crippen LogP contribution in [0.25, 0.3) is 0 Å². The van der Waals surface area contributed by atoms with Gasteiger partial charge in [0, 0.05) is 25.2 Å². The molecule has 1 saturated carbocycles. The monoisotopic (exact) mass is 277 g/mol. The third-order valence-electron chi connectivity index (χ3n) is 3.04. The average molecular weight is 277 g/mol. The smallest absolute Gasteiger partial charge is 0.315 e. The van der Waals surface area contributed by atoms with Crippen molar-refractivity contribution in [3.8, 4) is 0 Å². The predicted molar refractivity (Wildman–Crippen MR) is 70.9 cm³/mol. The lowest BCUT2D eigenvalue weighted by Gasteiger charge is -2.25. The maximum atomic E-state index is 11.6. The van der Waals surface area contributed by atoms with Crippen LogP contribution in [0.5, 0.6) is 0 Å². The van der Waals surface area contributed by atoms with Gasteiger partial charge in [0.2, 0.25) is 10.0 Å². The number of amides is 2. The van der Waals surface area contributed by atoms with Gasteiger partial charge >= 0.3 is 6.03 Å². The van der Waals surface area contributed by atoms with Gasteiger partial charge in [0.1, 0.15) is 0 Å². The molecule has 0 spiro atoms. The highest BCUT2D eigenvalue weighted by Crippen LogP contribution is 2.18. The fourth-order valence-corrected chi connectivity index (χ4v) is 2.89. The van der Waals surface area contributed by atoms with Gasteiger partial charge in [-0.2, -0.15) is 4.31 Å². The first-order chi connectivity index (χ1) is 8.34. The number of sulfonamides is 1. The maximum Gasteiger partial charge on any atom is 0.315 e. The molecule has 7 heteroatoms. The van der Waals surface area contributed by atoms with Crippen LogP contribution >= 0.6 is 0 Å². The normalized spacial score (nSPS) is 17.6. The summed E-state index contributed by atoms with van der Waals surface area (Å²) in [5, 5.41) is 5.47. The first-order valence-corrected chi connectivity index (χ1v) is 8.20. The lowest BCUT2D eigenvalue weighted by Crippen LogP contribution is -2.45. The Morgan fingerprint density at radius 3 is 2.50 bits per heavy atom. The molecule has 1 fully saturated rings. The Balaban J connectivity index is 2.34. The minimum absolute atomic E-state index is 0.0479. The largest absolute Gasteiger partial charge is 0.337 e. The number of carbonyl (C=O) groups excluding carboxylic acids is 1. The molecule has 0 saturated heterocycles. The molecule has 1 aliphatic carbocycles. The van der Waals surface area contributed by atoms with E-state index in [2.05, 4.69) is 10.6 Å². The van der Waals surface area contributed by atoms with Crippen molar-refractivity contribution in [2.45, 2.75) is 45.2 Å². The van der Waals surface area contributed by atoms with E-state index in [1.165, 1.54) is 10.6 Å². The molecule has 18 heavy (non-hydrogen) atoms. The number of nitrogens with one attached hydrogen (secondary N) is 2. The first kappa shape index (κ1) is 15.2. The first-order valence-electron chi connectivity index (χ1n) is 6.35. The average Bonchev–Trinajstić information content (AvgIpc) is 3.05. The van der Waals surface area contributed by atoms with Crippen LogP contribution in [0.2, 0.25) is 0 Å². The summed E-state index contributed by atoms with van der Waals surface area (Å²) >= 11 is 0. The molecule has 1 unspecified atom stereocenters. The van der Waals surface area contributed by atoms with Crippen molar-refractivity contribution in [2.75, 3.05) is 19.3 Å². The van der Waals surface area contributed by atoms with Gasteiger partial charge in [-0.1, -0.05) is 6.92 Å². The number of hydrogen-bond donors (Lipinski definition) is 2. The van der Waals surface area contributed by atoms with Gasteiger partial charge in [0.05, 0.1) is 6.26 Å². The van der Waals surface area contributed by atoms with Gasteiger partial charge in [-0.3, -0.25) is 0 Å². The standard InChI is InChI=1S/C11H23N3O3S/c1-4-9(2)14(18(3,16)17)8-7-12-11(15)13-10-5-6-10/h9-10H,4-8H2,1-3H3,(H2,12,13,15). The zero-order chi connectivity index (χ0) is 13.8. The Bertz CT molecular complexity index is 379. The molecule has 0 heterocycles. The van der Waals surface area contributed by atoms with Crippen molar-refractivity contribution in [1.82, 2.24) is 14.9 Å². The fourth-order valence-electron chi connectivity index (χ4n) is 1.66. The van der Waals surface area contributed by atoms with Crippen LogP contribution in [-0.4, -0.2) is 50.2 Å². The van der Waals surface area contributed by atoms with Crippen molar-refractivity contribution < 1.29 is 13.2 Å². The van der Waals surface area contributed by atoms with E-state index in [0.29, 0.717) is 19.1 Å². The Morgan fingerprint density at radius 2 is 2.06 bits per heavy atom. The molecule has 0 aromatic heterocycles. The van der Waals surface area contributed by atoms with Crippen molar-refractivity contribution >= 4 is 16.1 Å². The molecule has 0 radical (unpaired) electrons. The Hall–Kier alpha value is -0.820. The van der Waals surface area contributed by atoms with Gasteiger partial charge in [-0.25, -0.2) is 13.2 Å². The molecule has 1 atom stereocenters. The summed E-state index contributed by atoms with van der Waals surface area (Å²) in [6.45, 7) is 4.45. The Labute approximate surface area is 109 Å². The van der Waals surface area contributed by atoms with E-state index in [1.807, 2.05) is 13.8 Å². The van der Waals surface area contributed by atoms with Gasteiger partial charge in [0.15, 0.2) is 0 Å². The van der Waals surface area contributed by atoms with E-state index >= 15 is 0 Å². The quantitative estimate of drug-likeness (QED) is 0.711. The predicted octanol–water partition coefficient (Wildman–Crippen LogP) is 0.508. The number of urea groups is 1. The van der Waals surface area contributed by atoms with E-state index in [9.17, 15) is 13.2 Å². The van der Waals surface area contributed by atoms with Gasteiger partial charge in [-0.05, 0) is 26.2 Å². The molecule has 0 aromatic rings. The molecule has 0 bridgehead atoms. The highest BCUT2D eigenvalue weighted by Gasteiger charge is 2.24. The van der Waals surface area contributed by atoms with Crippen LogP contribution in [0.4, 0.5) is 4.79 Å². The topological polar surface area (TPSA) is 78.5 Å². The van der Waals surface area contributed by atoms with E-state index in [0.717, 1.165) is 19.3 Å². The van der Waals surface area contributed by atoms with Crippen LogP contribution in [-0.2, 0) is 10.0 Å². The molecule has 2 amide bonds. The Morgan fingerprint density at radius 1 is 1.44 bits per heavy atom. The molecule has 0 aliphatic heterocycles. The molecule has 106 valence electrons. The zero-order valence-electron chi connectivity index (χ0n) is 11.3. The minimum atomic E-state index is -3.22. The van der Waals surface area contributed by atoms with Crippen LogP contribution < -0.4 is 10.6 Å². The third kappa shape index (κ3) is 5.22. The molecule has 1 rings (SSSR count). The summed E-state index contributed by atoms with van der Waals surface area (Å²) < 4.78 is 24.6. The third-order valence-corrected chi connectivity index (χ3v) is 4.43. The van der Waals surface area contributed by atoms with Crippen molar-refractivity contribution in [2.24, 2.45) is 0 Å². The summed E-state index contributed by atoms with van der Waals surface area (Å²) in [6, 6.07) is 0.0500. The lowest BCUT2D eigenvalue weighted by atomic mass is 10.2. The van der Waals surface area contributed by atoms with Crippen LogP contribution in [0.3, 0.4) is 0 Å². The van der Waals surface area contributed by atoms with E-state index in [1.54, 1.807) is 0 Å². The highest BCUT2D eigenvalue weighted by molar-refractivity contribution is 7.88. The molecule has 0 aromatic carbocycles. The van der Waals surface area contributed by atoms with Crippen molar-refractivity contribution in [1.29, 1.82) is 0 Å². The van der Waals surface area contributed by atoms with E-state index < -0.39 is 10.0 Å². The summed E-state index contributed by atoms with van der Waals surface area (Å²) in [5.41, 5.74) is 0. The van der Waals surface area contributed by atoms with Gasteiger partial charge in [0.25, 0.3) is 0 Å². The zero-order valence-corrected chi connectivity index (χ0v) is 12.1. The fraction of sp³-hybridized carbons (Fsp3) is 0.909. The van der Waals surface area contributed by atoms with Crippen molar-refractivity contribution in [3.63, 3.8) is 0 Å². The van der Waals surface area contributed by atoms with E-state index in [4.69, 9.17) is 0 Å². The SMILES string of the molecule is CCC(C)N(CCNC(=O)NC1CC1)S(C)(=O)=O. The molecule has 2 N–H and O–H groups in total. The summed E-state index contributed by atoms with van der Waals surface area (Å²) in [5.74, 6) is 0.